The van der Waals surface area contributed by atoms with Gasteiger partial charge < -0.3 is 5.32 Å². The first kappa shape index (κ1) is 17.5. The fourth-order valence-electron chi connectivity index (χ4n) is 4.11. The quantitative estimate of drug-likeness (QED) is 0.851. The van der Waals surface area contributed by atoms with E-state index in [1.54, 1.807) is 31.2 Å². The second kappa shape index (κ2) is 6.99. The van der Waals surface area contributed by atoms with Crippen LogP contribution in [0.5, 0.6) is 0 Å². The molecule has 2 atom stereocenters. The van der Waals surface area contributed by atoms with Gasteiger partial charge in [-0.15, -0.1) is 0 Å². The molecule has 5 nitrogen and oxygen atoms in total. The fraction of sp³-hybridized carbons (Fsp3) is 0.318. The molecule has 138 valence electrons. The molecule has 3 amide bonds. The molecular weight excluding hydrogens is 340 g/mol. The van der Waals surface area contributed by atoms with E-state index in [1.807, 2.05) is 12.1 Å². The molecule has 27 heavy (non-hydrogen) atoms. The van der Waals surface area contributed by atoms with Gasteiger partial charge in [0, 0.05) is 12.5 Å². The van der Waals surface area contributed by atoms with Crippen molar-refractivity contribution in [1.29, 1.82) is 0 Å². The van der Waals surface area contributed by atoms with Gasteiger partial charge in [-0.3, -0.25) is 19.3 Å². The summed E-state index contributed by atoms with van der Waals surface area (Å²) in [5.41, 5.74) is 3.36. The Morgan fingerprint density at radius 1 is 1.07 bits per heavy atom. The maximum absolute atomic E-state index is 12.7. The van der Waals surface area contributed by atoms with E-state index < -0.39 is 17.9 Å². The Balaban J connectivity index is 1.44. The number of carbonyl (C=O) groups excluding carboxylic acids is 3. The lowest BCUT2D eigenvalue weighted by atomic mass is 9.83. The summed E-state index contributed by atoms with van der Waals surface area (Å²) in [6.45, 7) is 2.12. The lowest BCUT2D eigenvalue weighted by Gasteiger charge is -2.27. The van der Waals surface area contributed by atoms with Crippen LogP contribution in [0.4, 0.5) is 0 Å². The lowest BCUT2D eigenvalue weighted by molar-refractivity contribution is -0.124. The molecule has 0 saturated carbocycles. The van der Waals surface area contributed by atoms with Crippen molar-refractivity contribution in [3.8, 4) is 0 Å². The molecule has 0 radical (unpaired) electrons. The zero-order valence-corrected chi connectivity index (χ0v) is 15.3. The molecule has 4 rings (SSSR count). The maximum Gasteiger partial charge on any atom is 0.262 e. The molecule has 0 spiro atoms. The van der Waals surface area contributed by atoms with Gasteiger partial charge in [-0.1, -0.05) is 36.4 Å². The van der Waals surface area contributed by atoms with Crippen LogP contribution in [-0.2, 0) is 11.2 Å². The van der Waals surface area contributed by atoms with E-state index in [0.717, 1.165) is 24.2 Å². The Morgan fingerprint density at radius 2 is 1.70 bits per heavy atom. The number of carbonyl (C=O) groups is 3. The molecule has 0 fully saturated rings. The van der Waals surface area contributed by atoms with Crippen molar-refractivity contribution >= 4 is 17.7 Å². The van der Waals surface area contributed by atoms with Gasteiger partial charge in [-0.2, -0.15) is 0 Å². The minimum absolute atomic E-state index is 0.272. The fourth-order valence-corrected chi connectivity index (χ4v) is 4.11. The monoisotopic (exact) mass is 362 g/mol. The van der Waals surface area contributed by atoms with Gasteiger partial charge in [-0.05, 0) is 49.4 Å². The van der Waals surface area contributed by atoms with Gasteiger partial charge in [0.2, 0.25) is 5.91 Å². The molecule has 1 aliphatic heterocycles. The van der Waals surface area contributed by atoms with E-state index in [2.05, 4.69) is 17.4 Å². The number of benzene rings is 2. The van der Waals surface area contributed by atoms with Crippen molar-refractivity contribution in [1.82, 2.24) is 10.2 Å². The number of nitrogens with one attached hydrogen (secondary N) is 1. The second-order valence-corrected chi connectivity index (χ2v) is 7.23. The molecular formula is C22H22N2O3. The molecule has 0 bridgehead atoms. The highest BCUT2D eigenvalue weighted by atomic mass is 16.2. The number of imide groups is 1. The molecule has 1 heterocycles. The van der Waals surface area contributed by atoms with E-state index in [0.29, 0.717) is 17.7 Å². The SMILES string of the molecule is CC(C(=O)NCC1CCCc2ccccc21)N1C(=O)c2ccccc2C1=O. The molecule has 2 unspecified atom stereocenters. The van der Waals surface area contributed by atoms with Crippen LogP contribution in [0.25, 0.3) is 0 Å². The molecule has 2 aromatic carbocycles. The molecule has 2 aliphatic rings. The summed E-state index contributed by atoms with van der Waals surface area (Å²) in [5, 5.41) is 2.95. The van der Waals surface area contributed by atoms with Crippen molar-refractivity contribution in [3.05, 3.63) is 70.8 Å². The normalized spacial score (nSPS) is 19.4. The van der Waals surface area contributed by atoms with Gasteiger partial charge in [0.15, 0.2) is 0 Å². The average molecular weight is 362 g/mol. The first-order valence-corrected chi connectivity index (χ1v) is 9.40. The number of hydrogen-bond acceptors (Lipinski definition) is 3. The Bertz CT molecular complexity index is 886. The highest BCUT2D eigenvalue weighted by Crippen LogP contribution is 2.31. The van der Waals surface area contributed by atoms with Crippen LogP contribution >= 0.6 is 0 Å². The van der Waals surface area contributed by atoms with Crippen molar-refractivity contribution < 1.29 is 14.4 Å². The zero-order valence-electron chi connectivity index (χ0n) is 15.3. The van der Waals surface area contributed by atoms with E-state index in [1.165, 1.54) is 11.1 Å². The highest BCUT2D eigenvalue weighted by molar-refractivity contribution is 6.22. The van der Waals surface area contributed by atoms with E-state index in [9.17, 15) is 14.4 Å². The number of rotatable bonds is 4. The minimum Gasteiger partial charge on any atom is -0.354 e. The molecule has 0 aromatic heterocycles. The largest absolute Gasteiger partial charge is 0.354 e. The van der Waals surface area contributed by atoms with Crippen LogP contribution in [0.15, 0.2) is 48.5 Å². The zero-order chi connectivity index (χ0) is 19.0. The standard InChI is InChI=1S/C22H22N2O3/c1-14(24-21(26)18-11-4-5-12-19(18)22(24)27)20(25)23-13-16-9-6-8-15-7-2-3-10-17(15)16/h2-5,7,10-12,14,16H,6,8-9,13H2,1H3,(H,23,25). The smallest absolute Gasteiger partial charge is 0.262 e. The van der Waals surface area contributed by atoms with E-state index >= 15 is 0 Å². The summed E-state index contributed by atoms with van der Waals surface area (Å²) < 4.78 is 0. The number of amides is 3. The van der Waals surface area contributed by atoms with Crippen LogP contribution in [-0.4, -0.2) is 35.2 Å². The van der Waals surface area contributed by atoms with Gasteiger partial charge in [0.1, 0.15) is 6.04 Å². The Hall–Kier alpha value is -2.95. The van der Waals surface area contributed by atoms with E-state index in [4.69, 9.17) is 0 Å². The summed E-state index contributed by atoms with van der Waals surface area (Å²) in [6, 6.07) is 14.2. The van der Waals surface area contributed by atoms with Crippen LogP contribution < -0.4 is 5.32 Å². The Morgan fingerprint density at radius 3 is 2.41 bits per heavy atom. The number of aryl methyl sites for hydroxylation is 1. The van der Waals surface area contributed by atoms with Crippen molar-refractivity contribution in [3.63, 3.8) is 0 Å². The summed E-state index contributed by atoms with van der Waals surface area (Å²) >= 11 is 0. The van der Waals surface area contributed by atoms with Crippen LogP contribution in [0, 0.1) is 0 Å². The van der Waals surface area contributed by atoms with Crippen LogP contribution in [0.2, 0.25) is 0 Å². The molecule has 2 aromatic rings. The third kappa shape index (κ3) is 3.03. The first-order valence-electron chi connectivity index (χ1n) is 9.40. The third-order valence-electron chi connectivity index (χ3n) is 5.61. The highest BCUT2D eigenvalue weighted by Gasteiger charge is 2.40. The molecule has 5 heteroatoms. The number of fused-ring (bicyclic) bond motifs is 2. The average Bonchev–Trinajstić information content (AvgIpc) is 2.96. The van der Waals surface area contributed by atoms with Crippen LogP contribution in [0.1, 0.15) is 57.5 Å². The summed E-state index contributed by atoms with van der Waals surface area (Å²) in [4.78, 5) is 38.8. The third-order valence-corrected chi connectivity index (χ3v) is 5.61. The van der Waals surface area contributed by atoms with Crippen molar-refractivity contribution in [2.75, 3.05) is 6.54 Å². The second-order valence-electron chi connectivity index (χ2n) is 7.23. The maximum atomic E-state index is 12.7. The lowest BCUT2D eigenvalue weighted by Crippen LogP contribution is -2.48. The molecule has 0 saturated heterocycles. The van der Waals surface area contributed by atoms with Gasteiger partial charge >= 0.3 is 0 Å². The Kier molecular flexibility index (Phi) is 4.52. The summed E-state index contributed by atoms with van der Waals surface area (Å²) in [6.07, 6.45) is 3.20. The Labute approximate surface area is 158 Å². The summed E-state index contributed by atoms with van der Waals surface area (Å²) in [7, 11) is 0. The van der Waals surface area contributed by atoms with Crippen molar-refractivity contribution in [2.24, 2.45) is 0 Å². The topological polar surface area (TPSA) is 66.5 Å². The van der Waals surface area contributed by atoms with Crippen molar-refractivity contribution in [2.45, 2.75) is 38.1 Å². The molecule has 1 N–H and O–H groups in total. The summed E-state index contributed by atoms with van der Waals surface area (Å²) in [5.74, 6) is -0.830. The number of nitrogens with zero attached hydrogens (tertiary/aromatic N) is 1. The van der Waals surface area contributed by atoms with Gasteiger partial charge in [-0.25, -0.2) is 0 Å². The minimum atomic E-state index is -0.837. The van der Waals surface area contributed by atoms with Gasteiger partial charge in [0.25, 0.3) is 11.8 Å². The predicted molar refractivity (Wildman–Crippen MR) is 102 cm³/mol. The predicted octanol–water partition coefficient (Wildman–Crippen LogP) is 2.91. The number of hydrogen-bond donors (Lipinski definition) is 1. The van der Waals surface area contributed by atoms with Gasteiger partial charge in [0.05, 0.1) is 11.1 Å². The first-order chi connectivity index (χ1) is 13.1. The molecule has 1 aliphatic carbocycles. The van der Waals surface area contributed by atoms with Crippen LogP contribution in [0.3, 0.4) is 0 Å². The van der Waals surface area contributed by atoms with E-state index in [-0.39, 0.29) is 11.8 Å².